The summed E-state index contributed by atoms with van der Waals surface area (Å²) in [5, 5.41) is 0. The molecule has 0 heterocycles. The predicted octanol–water partition coefficient (Wildman–Crippen LogP) is 4.05. The van der Waals surface area contributed by atoms with Crippen molar-refractivity contribution in [1.82, 2.24) is 4.90 Å². The normalized spacial score (nSPS) is 22.9. The van der Waals surface area contributed by atoms with E-state index in [1.807, 2.05) is 0 Å². The fourth-order valence-electron chi connectivity index (χ4n) is 3.85. The van der Waals surface area contributed by atoms with Crippen LogP contribution in [0.2, 0.25) is 0 Å². The highest BCUT2D eigenvalue weighted by atomic mass is 15.2. The minimum atomic E-state index is 0.741. The standard InChI is InChI=1S/C19H32N2/c1-16(2)18-11-6-7-12-19(18)21(14-8-13-20)15-17-9-4-3-5-10-17/h3-5,9-10,16,18-19H,6-8,11-15,20H2,1-2H3. The monoisotopic (exact) mass is 288 g/mol. The molecule has 0 bridgehead atoms. The Balaban J connectivity index is 2.09. The van der Waals surface area contributed by atoms with E-state index in [2.05, 4.69) is 49.1 Å². The molecular weight excluding hydrogens is 256 g/mol. The van der Waals surface area contributed by atoms with Gasteiger partial charge in [-0.1, -0.05) is 57.0 Å². The average Bonchev–Trinajstić information content (AvgIpc) is 2.52. The lowest BCUT2D eigenvalue weighted by molar-refractivity contribution is 0.0717. The number of rotatable bonds is 7. The highest BCUT2D eigenvalue weighted by Gasteiger charge is 2.31. The third-order valence-corrected chi connectivity index (χ3v) is 4.98. The molecule has 0 amide bonds. The van der Waals surface area contributed by atoms with Crippen LogP contribution in [0, 0.1) is 11.8 Å². The van der Waals surface area contributed by atoms with E-state index in [0.717, 1.165) is 43.9 Å². The van der Waals surface area contributed by atoms with Crippen LogP contribution in [-0.2, 0) is 6.54 Å². The lowest BCUT2D eigenvalue weighted by Crippen LogP contribution is -2.44. The minimum Gasteiger partial charge on any atom is -0.330 e. The van der Waals surface area contributed by atoms with E-state index >= 15 is 0 Å². The van der Waals surface area contributed by atoms with Crippen LogP contribution in [0.3, 0.4) is 0 Å². The molecule has 0 aromatic heterocycles. The Kier molecular flexibility index (Phi) is 6.72. The fraction of sp³-hybridized carbons (Fsp3) is 0.684. The molecule has 2 unspecified atom stereocenters. The van der Waals surface area contributed by atoms with Gasteiger partial charge in [0.15, 0.2) is 0 Å². The van der Waals surface area contributed by atoms with Gasteiger partial charge in [0.25, 0.3) is 0 Å². The van der Waals surface area contributed by atoms with Crippen molar-refractivity contribution in [1.29, 1.82) is 0 Å². The molecule has 1 aliphatic rings. The van der Waals surface area contributed by atoms with Gasteiger partial charge >= 0.3 is 0 Å². The van der Waals surface area contributed by atoms with E-state index in [1.165, 1.54) is 31.2 Å². The van der Waals surface area contributed by atoms with Gasteiger partial charge in [0.2, 0.25) is 0 Å². The number of nitrogens with two attached hydrogens (primary N) is 1. The maximum absolute atomic E-state index is 5.77. The number of hydrogen-bond donors (Lipinski definition) is 1. The third-order valence-electron chi connectivity index (χ3n) is 4.98. The van der Waals surface area contributed by atoms with Crippen molar-refractivity contribution in [3.8, 4) is 0 Å². The molecule has 1 saturated carbocycles. The lowest BCUT2D eigenvalue weighted by Gasteiger charge is -2.42. The summed E-state index contributed by atoms with van der Waals surface area (Å²) in [6, 6.07) is 11.6. The fourth-order valence-corrected chi connectivity index (χ4v) is 3.85. The van der Waals surface area contributed by atoms with Crippen LogP contribution in [0.25, 0.3) is 0 Å². The van der Waals surface area contributed by atoms with Crippen LogP contribution in [0.15, 0.2) is 30.3 Å². The van der Waals surface area contributed by atoms with Crippen molar-refractivity contribution in [2.75, 3.05) is 13.1 Å². The van der Waals surface area contributed by atoms with Crippen molar-refractivity contribution in [2.24, 2.45) is 17.6 Å². The topological polar surface area (TPSA) is 29.3 Å². The molecule has 1 aromatic carbocycles. The molecule has 21 heavy (non-hydrogen) atoms. The molecule has 2 rings (SSSR count). The SMILES string of the molecule is CC(C)C1CCCCC1N(CCCN)Cc1ccccc1. The highest BCUT2D eigenvalue weighted by molar-refractivity contribution is 5.14. The van der Waals surface area contributed by atoms with Crippen molar-refractivity contribution >= 4 is 0 Å². The van der Waals surface area contributed by atoms with Gasteiger partial charge < -0.3 is 5.73 Å². The maximum atomic E-state index is 5.77. The number of benzene rings is 1. The Morgan fingerprint density at radius 2 is 1.86 bits per heavy atom. The van der Waals surface area contributed by atoms with Crippen molar-refractivity contribution in [3.05, 3.63) is 35.9 Å². The molecular formula is C19H32N2. The van der Waals surface area contributed by atoms with Crippen molar-refractivity contribution < 1.29 is 0 Å². The van der Waals surface area contributed by atoms with Crippen molar-refractivity contribution in [3.63, 3.8) is 0 Å². The largest absolute Gasteiger partial charge is 0.330 e. The van der Waals surface area contributed by atoms with Crippen LogP contribution in [0.5, 0.6) is 0 Å². The maximum Gasteiger partial charge on any atom is 0.0236 e. The molecule has 1 aromatic rings. The second kappa shape index (κ2) is 8.55. The summed E-state index contributed by atoms with van der Waals surface area (Å²) in [5.41, 5.74) is 7.20. The molecule has 0 radical (unpaired) electrons. The summed E-state index contributed by atoms with van der Waals surface area (Å²) in [6.45, 7) is 7.80. The molecule has 2 nitrogen and oxygen atoms in total. The number of nitrogens with zero attached hydrogens (tertiary/aromatic N) is 1. The zero-order valence-electron chi connectivity index (χ0n) is 13.8. The lowest BCUT2D eigenvalue weighted by atomic mass is 9.77. The number of hydrogen-bond acceptors (Lipinski definition) is 2. The van der Waals surface area contributed by atoms with E-state index < -0.39 is 0 Å². The first-order chi connectivity index (χ1) is 10.2. The molecule has 2 N–H and O–H groups in total. The Bertz CT molecular complexity index is 388. The first-order valence-electron chi connectivity index (χ1n) is 8.70. The Labute approximate surface area is 130 Å². The first-order valence-corrected chi connectivity index (χ1v) is 8.70. The average molecular weight is 288 g/mol. The molecule has 0 spiro atoms. The second-order valence-corrected chi connectivity index (χ2v) is 6.86. The quantitative estimate of drug-likeness (QED) is 0.820. The summed E-state index contributed by atoms with van der Waals surface area (Å²) in [4.78, 5) is 2.71. The molecule has 0 saturated heterocycles. The van der Waals surface area contributed by atoms with Gasteiger partial charge in [-0.05, 0) is 49.8 Å². The zero-order chi connectivity index (χ0) is 15.1. The summed E-state index contributed by atoms with van der Waals surface area (Å²) < 4.78 is 0. The van der Waals surface area contributed by atoms with E-state index in [0.29, 0.717) is 0 Å². The summed E-state index contributed by atoms with van der Waals surface area (Å²) in [5.74, 6) is 1.63. The smallest absolute Gasteiger partial charge is 0.0236 e. The van der Waals surface area contributed by atoms with Crippen LogP contribution in [-0.4, -0.2) is 24.0 Å². The van der Waals surface area contributed by atoms with Gasteiger partial charge in [0.1, 0.15) is 0 Å². The minimum absolute atomic E-state index is 0.741. The van der Waals surface area contributed by atoms with Gasteiger partial charge in [-0.25, -0.2) is 0 Å². The summed E-state index contributed by atoms with van der Waals surface area (Å²) >= 11 is 0. The van der Waals surface area contributed by atoms with E-state index in [-0.39, 0.29) is 0 Å². The molecule has 0 aliphatic heterocycles. The van der Waals surface area contributed by atoms with E-state index in [4.69, 9.17) is 5.73 Å². The van der Waals surface area contributed by atoms with Crippen LogP contribution in [0.4, 0.5) is 0 Å². The van der Waals surface area contributed by atoms with Crippen LogP contribution < -0.4 is 5.73 Å². The van der Waals surface area contributed by atoms with E-state index in [1.54, 1.807) is 0 Å². The third kappa shape index (κ3) is 4.82. The Morgan fingerprint density at radius 1 is 1.14 bits per heavy atom. The molecule has 1 fully saturated rings. The van der Waals surface area contributed by atoms with Crippen molar-refractivity contribution in [2.45, 2.75) is 58.5 Å². The molecule has 118 valence electrons. The molecule has 2 heteroatoms. The van der Waals surface area contributed by atoms with Crippen LogP contribution >= 0.6 is 0 Å². The second-order valence-electron chi connectivity index (χ2n) is 6.86. The Hall–Kier alpha value is -0.860. The summed E-state index contributed by atoms with van der Waals surface area (Å²) in [6.07, 6.45) is 6.67. The molecule has 1 aliphatic carbocycles. The predicted molar refractivity (Wildman–Crippen MR) is 91.1 cm³/mol. The first kappa shape index (κ1) is 16.5. The van der Waals surface area contributed by atoms with E-state index in [9.17, 15) is 0 Å². The van der Waals surface area contributed by atoms with Gasteiger partial charge in [0, 0.05) is 12.6 Å². The molecule has 2 atom stereocenters. The van der Waals surface area contributed by atoms with Gasteiger partial charge in [-0.15, -0.1) is 0 Å². The zero-order valence-corrected chi connectivity index (χ0v) is 13.8. The Morgan fingerprint density at radius 3 is 2.52 bits per heavy atom. The van der Waals surface area contributed by atoms with Gasteiger partial charge in [-0.3, -0.25) is 4.90 Å². The summed E-state index contributed by atoms with van der Waals surface area (Å²) in [7, 11) is 0. The highest BCUT2D eigenvalue weighted by Crippen LogP contribution is 2.34. The van der Waals surface area contributed by atoms with Gasteiger partial charge in [0.05, 0.1) is 0 Å². The van der Waals surface area contributed by atoms with Crippen LogP contribution in [0.1, 0.15) is 51.5 Å². The van der Waals surface area contributed by atoms with Gasteiger partial charge in [-0.2, -0.15) is 0 Å².